The summed E-state index contributed by atoms with van der Waals surface area (Å²) in [5, 5.41) is 8.66. The zero-order valence-corrected chi connectivity index (χ0v) is 21.6. The minimum atomic E-state index is -0.607. The number of benzene rings is 2. The molecule has 3 heterocycles. The number of hydrogen-bond acceptors (Lipinski definition) is 6. The molecule has 3 aromatic rings. The molecule has 0 radical (unpaired) electrons. The van der Waals surface area contributed by atoms with Gasteiger partial charge in [0.25, 0.3) is 5.91 Å². The van der Waals surface area contributed by atoms with Crippen LogP contribution in [0.1, 0.15) is 29.6 Å². The Morgan fingerprint density at radius 3 is 2.46 bits per heavy atom. The number of anilines is 1. The fourth-order valence-corrected chi connectivity index (χ4v) is 4.99. The Bertz CT molecular complexity index is 1280. The molecule has 2 aliphatic rings. The molecule has 2 fully saturated rings. The molecule has 2 aromatic carbocycles. The van der Waals surface area contributed by atoms with Gasteiger partial charge >= 0.3 is 0 Å². The first-order chi connectivity index (χ1) is 19.0. The number of ether oxygens (including phenoxy) is 1. The van der Waals surface area contributed by atoms with Crippen LogP contribution in [0.25, 0.3) is 11.3 Å². The first kappa shape index (κ1) is 26.7. The number of carbonyl (C=O) groups is 2. The van der Waals surface area contributed by atoms with Gasteiger partial charge in [-0.25, -0.2) is 8.78 Å². The Kier molecular flexibility index (Phi) is 8.41. The lowest BCUT2D eigenvalue weighted by molar-refractivity contribution is -0.132. The molecule has 1 aromatic heterocycles. The van der Waals surface area contributed by atoms with Crippen LogP contribution in [0.3, 0.4) is 0 Å². The van der Waals surface area contributed by atoms with Gasteiger partial charge in [-0.2, -0.15) is 0 Å². The number of nitrogens with zero attached hydrogens (tertiary/aromatic N) is 5. The molecular formula is C29H31F2N5O3. The molecule has 2 amide bonds. The number of aromatic nitrogens is 2. The Labute approximate surface area is 226 Å². The van der Waals surface area contributed by atoms with Crippen LogP contribution in [0, 0.1) is 11.6 Å². The van der Waals surface area contributed by atoms with Crippen LogP contribution in [-0.2, 0) is 9.53 Å². The zero-order valence-electron chi connectivity index (χ0n) is 21.6. The topological polar surface area (TPSA) is 78.9 Å². The van der Waals surface area contributed by atoms with Crippen LogP contribution in [-0.4, -0.2) is 83.8 Å². The van der Waals surface area contributed by atoms with E-state index in [1.54, 1.807) is 23.1 Å². The predicted octanol–water partition coefficient (Wildman–Crippen LogP) is 3.78. The summed E-state index contributed by atoms with van der Waals surface area (Å²) < 4.78 is 33.3. The standard InChI is InChI=1S/C29H31F2N5O3/c30-22-10-8-21(9-11-22)26-12-13-27(33-32-26)34-14-4-15-35(17-16-34)28(37)20-36(19-23-5-3-18-39-23)29(38)24-6-1-2-7-25(24)31/h1-2,6-13,23H,3-5,14-20H2/t23-/m0/s1. The maximum absolute atomic E-state index is 14.4. The van der Waals surface area contributed by atoms with Gasteiger partial charge in [-0.05, 0) is 67.8 Å². The highest BCUT2D eigenvalue weighted by molar-refractivity contribution is 5.96. The van der Waals surface area contributed by atoms with E-state index in [1.165, 1.54) is 35.2 Å². The maximum Gasteiger partial charge on any atom is 0.257 e. The third kappa shape index (κ3) is 6.57. The summed E-state index contributed by atoms with van der Waals surface area (Å²) in [6, 6.07) is 15.6. The van der Waals surface area contributed by atoms with Gasteiger partial charge < -0.3 is 19.4 Å². The first-order valence-corrected chi connectivity index (χ1v) is 13.3. The van der Waals surface area contributed by atoms with E-state index in [9.17, 15) is 18.4 Å². The van der Waals surface area contributed by atoms with Crippen molar-refractivity contribution in [2.45, 2.75) is 25.4 Å². The van der Waals surface area contributed by atoms with Crippen LogP contribution in [0.2, 0.25) is 0 Å². The minimum absolute atomic E-state index is 0.0482. The second kappa shape index (κ2) is 12.3. The number of amides is 2. The van der Waals surface area contributed by atoms with Crippen molar-refractivity contribution >= 4 is 17.6 Å². The monoisotopic (exact) mass is 535 g/mol. The summed E-state index contributed by atoms with van der Waals surface area (Å²) in [4.78, 5) is 31.8. The molecular weight excluding hydrogens is 504 g/mol. The Hall–Kier alpha value is -3.92. The number of carbonyl (C=O) groups excluding carboxylic acids is 2. The van der Waals surface area contributed by atoms with Crippen LogP contribution in [0.5, 0.6) is 0 Å². The average molecular weight is 536 g/mol. The van der Waals surface area contributed by atoms with Gasteiger partial charge in [0.05, 0.1) is 17.4 Å². The van der Waals surface area contributed by atoms with Crippen LogP contribution in [0.4, 0.5) is 14.6 Å². The van der Waals surface area contributed by atoms with Crippen molar-refractivity contribution in [1.29, 1.82) is 0 Å². The van der Waals surface area contributed by atoms with Crippen LogP contribution < -0.4 is 4.90 Å². The van der Waals surface area contributed by atoms with E-state index in [1.807, 2.05) is 12.1 Å². The Morgan fingerprint density at radius 2 is 1.74 bits per heavy atom. The molecule has 1 atom stereocenters. The van der Waals surface area contributed by atoms with Crippen molar-refractivity contribution in [3.63, 3.8) is 0 Å². The van der Waals surface area contributed by atoms with E-state index in [2.05, 4.69) is 15.1 Å². The summed E-state index contributed by atoms with van der Waals surface area (Å²) in [5.41, 5.74) is 1.38. The molecule has 5 rings (SSSR count). The Balaban J connectivity index is 1.22. The third-order valence-corrected chi connectivity index (χ3v) is 7.13. The summed E-state index contributed by atoms with van der Waals surface area (Å²) >= 11 is 0. The van der Waals surface area contributed by atoms with Crippen molar-refractivity contribution in [3.05, 3.63) is 77.9 Å². The lowest BCUT2D eigenvalue weighted by atomic mass is 10.1. The molecule has 10 heteroatoms. The van der Waals surface area contributed by atoms with Crippen molar-refractivity contribution < 1.29 is 23.1 Å². The zero-order chi connectivity index (χ0) is 27.2. The largest absolute Gasteiger partial charge is 0.376 e. The highest BCUT2D eigenvalue weighted by atomic mass is 19.1. The van der Waals surface area contributed by atoms with Gasteiger partial charge in [0.2, 0.25) is 5.91 Å². The Morgan fingerprint density at radius 1 is 0.923 bits per heavy atom. The van der Waals surface area contributed by atoms with Crippen LogP contribution >= 0.6 is 0 Å². The van der Waals surface area contributed by atoms with E-state index >= 15 is 0 Å². The van der Waals surface area contributed by atoms with Gasteiger partial charge in [0, 0.05) is 44.9 Å². The van der Waals surface area contributed by atoms with E-state index in [4.69, 9.17) is 4.74 Å². The smallest absolute Gasteiger partial charge is 0.257 e. The quantitative estimate of drug-likeness (QED) is 0.458. The van der Waals surface area contributed by atoms with E-state index in [-0.39, 0.29) is 36.5 Å². The lowest BCUT2D eigenvalue weighted by Gasteiger charge is -2.28. The molecule has 0 saturated carbocycles. The van der Waals surface area contributed by atoms with Gasteiger partial charge in [0.1, 0.15) is 18.2 Å². The van der Waals surface area contributed by atoms with E-state index in [0.29, 0.717) is 44.3 Å². The average Bonchev–Trinajstić information content (AvgIpc) is 3.34. The number of halogens is 2. The molecule has 2 aliphatic heterocycles. The summed E-state index contributed by atoms with van der Waals surface area (Å²) in [5.74, 6) is -0.907. The second-order valence-electron chi connectivity index (χ2n) is 9.81. The normalized spacial score (nSPS) is 17.6. The summed E-state index contributed by atoms with van der Waals surface area (Å²) in [7, 11) is 0. The molecule has 0 unspecified atom stereocenters. The van der Waals surface area contributed by atoms with Crippen molar-refractivity contribution in [2.75, 3.05) is 50.8 Å². The fraction of sp³-hybridized carbons (Fsp3) is 0.379. The van der Waals surface area contributed by atoms with Gasteiger partial charge in [0.15, 0.2) is 5.82 Å². The molecule has 8 nitrogen and oxygen atoms in total. The van der Waals surface area contributed by atoms with E-state index in [0.717, 1.165) is 24.8 Å². The molecule has 39 heavy (non-hydrogen) atoms. The summed E-state index contributed by atoms with van der Waals surface area (Å²) in [6.07, 6.45) is 2.26. The molecule has 0 spiro atoms. The minimum Gasteiger partial charge on any atom is -0.376 e. The van der Waals surface area contributed by atoms with Crippen molar-refractivity contribution in [3.8, 4) is 11.3 Å². The van der Waals surface area contributed by atoms with Gasteiger partial charge in [-0.3, -0.25) is 9.59 Å². The molecule has 0 N–H and O–H groups in total. The van der Waals surface area contributed by atoms with Crippen molar-refractivity contribution in [2.24, 2.45) is 0 Å². The maximum atomic E-state index is 14.4. The predicted molar refractivity (Wildman–Crippen MR) is 142 cm³/mol. The van der Waals surface area contributed by atoms with E-state index < -0.39 is 11.7 Å². The molecule has 0 aliphatic carbocycles. The SMILES string of the molecule is O=C(CN(C[C@@H]1CCCO1)C(=O)c1ccccc1F)N1CCCN(c2ccc(-c3ccc(F)cc3)nn2)CC1. The third-order valence-electron chi connectivity index (χ3n) is 7.13. The van der Waals surface area contributed by atoms with Gasteiger partial charge in [-0.1, -0.05) is 12.1 Å². The molecule has 204 valence electrons. The fourth-order valence-electron chi connectivity index (χ4n) is 4.99. The number of rotatable bonds is 7. The molecule has 0 bridgehead atoms. The lowest BCUT2D eigenvalue weighted by Crippen LogP contribution is -2.46. The van der Waals surface area contributed by atoms with Crippen molar-refractivity contribution in [1.82, 2.24) is 20.0 Å². The number of hydrogen-bond donors (Lipinski definition) is 0. The first-order valence-electron chi connectivity index (χ1n) is 13.3. The highest BCUT2D eigenvalue weighted by Gasteiger charge is 2.29. The van der Waals surface area contributed by atoms with Gasteiger partial charge in [-0.15, -0.1) is 10.2 Å². The highest BCUT2D eigenvalue weighted by Crippen LogP contribution is 2.21. The van der Waals surface area contributed by atoms with Crippen LogP contribution in [0.15, 0.2) is 60.7 Å². The summed E-state index contributed by atoms with van der Waals surface area (Å²) in [6.45, 7) is 2.98. The second-order valence-corrected chi connectivity index (χ2v) is 9.81. The molecule has 2 saturated heterocycles.